The summed E-state index contributed by atoms with van der Waals surface area (Å²) in [6, 6.07) is 19.8. The van der Waals surface area contributed by atoms with Gasteiger partial charge in [-0.2, -0.15) is 4.98 Å². The molecule has 8 heteroatoms. The molecule has 32 heavy (non-hydrogen) atoms. The van der Waals surface area contributed by atoms with Gasteiger partial charge in [-0.25, -0.2) is 4.68 Å². The number of hydrogen-bond donors (Lipinski definition) is 2. The van der Waals surface area contributed by atoms with Crippen molar-refractivity contribution >= 4 is 29.1 Å². The molecule has 0 saturated carbocycles. The first-order chi connectivity index (χ1) is 15.5. The number of anilines is 2. The van der Waals surface area contributed by atoms with Crippen LogP contribution in [0.5, 0.6) is 0 Å². The molecule has 0 bridgehead atoms. The van der Waals surface area contributed by atoms with E-state index in [1.165, 1.54) is 0 Å². The summed E-state index contributed by atoms with van der Waals surface area (Å²) in [5.41, 5.74) is 2.71. The van der Waals surface area contributed by atoms with Crippen LogP contribution in [0.4, 0.5) is 11.6 Å². The Kier molecular flexibility index (Phi) is 5.03. The second-order valence-electron chi connectivity index (χ2n) is 7.55. The highest BCUT2D eigenvalue weighted by Crippen LogP contribution is 2.37. The number of benzene rings is 2. The minimum atomic E-state index is -0.572. The second kappa shape index (κ2) is 8.01. The molecule has 1 atom stereocenters. The summed E-state index contributed by atoms with van der Waals surface area (Å²) < 4.78 is 7.63. The van der Waals surface area contributed by atoms with Crippen LogP contribution in [0.1, 0.15) is 24.5 Å². The molecule has 7 nitrogen and oxygen atoms in total. The quantitative estimate of drug-likeness (QED) is 0.437. The highest BCUT2D eigenvalue weighted by molar-refractivity contribution is 6.30. The summed E-state index contributed by atoms with van der Waals surface area (Å²) in [6.07, 6.45) is 0. The Labute approximate surface area is 189 Å². The van der Waals surface area contributed by atoms with Crippen LogP contribution in [0.25, 0.3) is 11.4 Å². The Bertz CT molecular complexity index is 1320. The fourth-order valence-corrected chi connectivity index (χ4v) is 3.88. The first-order valence-electron chi connectivity index (χ1n) is 10.1. The Morgan fingerprint density at radius 2 is 1.81 bits per heavy atom. The molecule has 1 aliphatic rings. The first kappa shape index (κ1) is 20.1. The van der Waals surface area contributed by atoms with Gasteiger partial charge < -0.3 is 15.1 Å². The normalized spacial score (nSPS) is 15.3. The van der Waals surface area contributed by atoms with Crippen molar-refractivity contribution in [1.29, 1.82) is 0 Å². The Hall–Kier alpha value is -3.84. The van der Waals surface area contributed by atoms with Crippen molar-refractivity contribution in [1.82, 2.24) is 14.8 Å². The third-order valence-electron chi connectivity index (χ3n) is 5.26. The lowest BCUT2D eigenvalue weighted by molar-refractivity contribution is -0.113. The summed E-state index contributed by atoms with van der Waals surface area (Å²) in [6.45, 7) is 3.72. The molecule has 5 rings (SSSR count). The lowest BCUT2D eigenvalue weighted by Gasteiger charge is -2.27. The van der Waals surface area contributed by atoms with Crippen molar-refractivity contribution < 1.29 is 9.21 Å². The second-order valence-corrected chi connectivity index (χ2v) is 7.98. The third kappa shape index (κ3) is 3.67. The van der Waals surface area contributed by atoms with Gasteiger partial charge >= 0.3 is 0 Å². The predicted octanol–water partition coefficient (Wildman–Crippen LogP) is 5.43. The maximum absolute atomic E-state index is 13.4. The number of carbonyl (C=O) groups excluding carboxylic acids is 1. The molecule has 1 unspecified atom stereocenters. The summed E-state index contributed by atoms with van der Waals surface area (Å²) >= 11 is 6.02. The smallest absolute Gasteiger partial charge is 0.256 e. The van der Waals surface area contributed by atoms with Gasteiger partial charge in [0.15, 0.2) is 5.82 Å². The molecule has 4 aromatic rings. The van der Waals surface area contributed by atoms with Crippen molar-refractivity contribution in [2.24, 2.45) is 0 Å². The fraction of sp³-hybridized carbons (Fsp3) is 0.125. The van der Waals surface area contributed by atoms with Crippen molar-refractivity contribution in [3.63, 3.8) is 0 Å². The number of para-hydroxylation sites is 1. The van der Waals surface area contributed by atoms with E-state index in [-0.39, 0.29) is 5.91 Å². The zero-order chi connectivity index (χ0) is 22.2. The standard InChI is InChI=1S/C24H20ClN5O2/c1-14-8-13-19(32-14)21-20(23(31)27-18-6-4-3-5-7-18)15(2)26-24-28-22(29-30(21)24)16-9-11-17(25)12-10-16/h3-13,21H,1-2H3,(H,27,31)(H,26,28,29). The van der Waals surface area contributed by atoms with Crippen molar-refractivity contribution in [3.8, 4) is 11.4 Å². The monoisotopic (exact) mass is 445 g/mol. The number of aromatic nitrogens is 3. The molecule has 1 amide bonds. The van der Waals surface area contributed by atoms with E-state index in [4.69, 9.17) is 21.1 Å². The van der Waals surface area contributed by atoms with E-state index in [0.717, 1.165) is 11.3 Å². The molecule has 3 heterocycles. The van der Waals surface area contributed by atoms with E-state index < -0.39 is 6.04 Å². The molecule has 2 aromatic carbocycles. The van der Waals surface area contributed by atoms with Crippen molar-refractivity contribution in [2.45, 2.75) is 19.9 Å². The molecule has 0 radical (unpaired) electrons. The number of rotatable bonds is 4. The summed E-state index contributed by atoms with van der Waals surface area (Å²) in [4.78, 5) is 18.0. The van der Waals surface area contributed by atoms with E-state index in [1.54, 1.807) is 16.8 Å². The molecule has 0 saturated heterocycles. The summed E-state index contributed by atoms with van der Waals surface area (Å²) in [5.74, 6) is 2.17. The fourth-order valence-electron chi connectivity index (χ4n) is 3.75. The van der Waals surface area contributed by atoms with Crippen LogP contribution in [0.2, 0.25) is 5.02 Å². The van der Waals surface area contributed by atoms with E-state index >= 15 is 0 Å². The number of hydrogen-bond acceptors (Lipinski definition) is 5. The summed E-state index contributed by atoms with van der Waals surface area (Å²) in [7, 11) is 0. The van der Waals surface area contributed by atoms with Gasteiger partial charge in [-0.3, -0.25) is 4.79 Å². The zero-order valence-electron chi connectivity index (χ0n) is 17.5. The van der Waals surface area contributed by atoms with Crippen LogP contribution in [0, 0.1) is 6.92 Å². The highest BCUT2D eigenvalue weighted by atomic mass is 35.5. The highest BCUT2D eigenvalue weighted by Gasteiger charge is 2.36. The molecule has 1 aliphatic heterocycles. The van der Waals surface area contributed by atoms with Gasteiger partial charge in [-0.05, 0) is 62.4 Å². The molecule has 0 fully saturated rings. The van der Waals surface area contributed by atoms with Gasteiger partial charge in [-0.1, -0.05) is 29.8 Å². The van der Waals surface area contributed by atoms with Gasteiger partial charge in [0.1, 0.15) is 17.6 Å². The Morgan fingerprint density at radius 3 is 2.50 bits per heavy atom. The SMILES string of the molecule is CC1=C(C(=O)Nc2ccccc2)C(c2ccc(C)o2)n2nc(-c3ccc(Cl)cc3)nc2N1. The lowest BCUT2D eigenvalue weighted by Crippen LogP contribution is -2.31. The van der Waals surface area contributed by atoms with Crippen LogP contribution < -0.4 is 10.6 Å². The molecule has 0 aliphatic carbocycles. The van der Waals surface area contributed by atoms with Gasteiger partial charge in [0.05, 0.1) is 5.57 Å². The Balaban J connectivity index is 1.59. The van der Waals surface area contributed by atoms with E-state index in [9.17, 15) is 4.79 Å². The van der Waals surface area contributed by atoms with Crippen LogP contribution in [0.15, 0.2) is 82.4 Å². The molecule has 2 N–H and O–H groups in total. The number of amides is 1. The number of halogens is 1. The van der Waals surface area contributed by atoms with Crippen LogP contribution in [0.3, 0.4) is 0 Å². The number of aryl methyl sites for hydroxylation is 1. The average molecular weight is 446 g/mol. The molecular weight excluding hydrogens is 426 g/mol. The zero-order valence-corrected chi connectivity index (χ0v) is 18.2. The van der Waals surface area contributed by atoms with Crippen molar-refractivity contribution in [3.05, 3.63) is 94.5 Å². The lowest BCUT2D eigenvalue weighted by atomic mass is 10.00. The third-order valence-corrected chi connectivity index (χ3v) is 5.51. The number of nitrogens with zero attached hydrogens (tertiary/aromatic N) is 3. The molecule has 0 spiro atoms. The van der Waals surface area contributed by atoms with Gasteiger partial charge in [-0.15, -0.1) is 5.10 Å². The maximum Gasteiger partial charge on any atom is 0.256 e. The molecular formula is C24H20ClN5O2. The van der Waals surface area contributed by atoms with Crippen molar-refractivity contribution in [2.75, 3.05) is 10.6 Å². The molecule has 2 aromatic heterocycles. The number of allylic oxidation sites excluding steroid dienone is 1. The predicted molar refractivity (Wildman–Crippen MR) is 123 cm³/mol. The van der Waals surface area contributed by atoms with E-state index in [2.05, 4.69) is 15.6 Å². The molecule has 160 valence electrons. The summed E-state index contributed by atoms with van der Waals surface area (Å²) in [5, 5.41) is 11.5. The van der Waals surface area contributed by atoms with Crippen LogP contribution in [-0.4, -0.2) is 20.7 Å². The Morgan fingerprint density at radius 1 is 1.06 bits per heavy atom. The van der Waals surface area contributed by atoms with Gasteiger partial charge in [0.25, 0.3) is 5.91 Å². The topological polar surface area (TPSA) is 85.0 Å². The maximum atomic E-state index is 13.4. The number of carbonyl (C=O) groups is 1. The minimum Gasteiger partial charge on any atom is -0.464 e. The number of furan rings is 1. The minimum absolute atomic E-state index is 0.241. The van der Waals surface area contributed by atoms with Gasteiger partial charge in [0.2, 0.25) is 5.95 Å². The van der Waals surface area contributed by atoms with Crippen LogP contribution in [-0.2, 0) is 4.79 Å². The van der Waals surface area contributed by atoms with Crippen LogP contribution >= 0.6 is 11.6 Å². The first-order valence-corrected chi connectivity index (χ1v) is 10.5. The van der Waals surface area contributed by atoms with E-state index in [0.29, 0.717) is 39.5 Å². The average Bonchev–Trinajstić information content (AvgIpc) is 3.40. The largest absolute Gasteiger partial charge is 0.464 e. The number of nitrogens with one attached hydrogen (secondary N) is 2. The van der Waals surface area contributed by atoms with Gasteiger partial charge in [0, 0.05) is 22.0 Å². The number of fused-ring (bicyclic) bond motifs is 1. The van der Waals surface area contributed by atoms with E-state index in [1.807, 2.05) is 68.4 Å².